The van der Waals surface area contributed by atoms with Crippen LogP contribution in [0.15, 0.2) is 36.1 Å². The molecule has 0 heterocycles. The summed E-state index contributed by atoms with van der Waals surface area (Å²) in [6.45, 7) is 0. The minimum absolute atomic E-state index is 0.0334. The Bertz CT molecular complexity index is 547. The number of ether oxygens (including phenoxy) is 1. The Morgan fingerprint density at radius 3 is 2.56 bits per heavy atom. The molecular formula is C13H11NO4. The van der Waals surface area contributed by atoms with Crippen LogP contribution in [0.1, 0.15) is 23.2 Å². The summed E-state index contributed by atoms with van der Waals surface area (Å²) in [7, 11) is 0. The number of nitro groups is 1. The number of rotatable bonds is 3. The van der Waals surface area contributed by atoms with Gasteiger partial charge in [-0.3, -0.25) is 10.1 Å². The lowest BCUT2D eigenvalue weighted by molar-refractivity contribution is -0.384. The second-order valence-corrected chi connectivity index (χ2v) is 4.64. The summed E-state index contributed by atoms with van der Waals surface area (Å²) < 4.78 is 5.30. The molecule has 3 rings (SSSR count). The first-order valence-electron chi connectivity index (χ1n) is 5.82. The predicted octanol–water partition coefficient (Wildman–Crippen LogP) is 2.68. The van der Waals surface area contributed by atoms with Crippen LogP contribution in [0.5, 0.6) is 0 Å². The van der Waals surface area contributed by atoms with Crippen molar-refractivity contribution in [3.63, 3.8) is 0 Å². The van der Waals surface area contributed by atoms with Gasteiger partial charge in [0, 0.05) is 18.1 Å². The van der Waals surface area contributed by atoms with Gasteiger partial charge in [-0.2, -0.15) is 0 Å². The molecule has 2 aliphatic rings. The smallest absolute Gasteiger partial charge is 0.343 e. The van der Waals surface area contributed by atoms with Crippen LogP contribution in [0.4, 0.5) is 5.69 Å². The topological polar surface area (TPSA) is 69.4 Å². The first kappa shape index (κ1) is 11.0. The van der Waals surface area contributed by atoms with Crippen LogP contribution in [0.3, 0.4) is 0 Å². The lowest BCUT2D eigenvalue weighted by Gasteiger charge is -2.05. The summed E-state index contributed by atoms with van der Waals surface area (Å²) in [5.74, 6) is 1.42. The van der Waals surface area contributed by atoms with Crippen LogP contribution < -0.4 is 0 Å². The van der Waals surface area contributed by atoms with Crippen molar-refractivity contribution in [2.24, 2.45) is 11.8 Å². The zero-order valence-corrected chi connectivity index (χ0v) is 9.54. The molecule has 0 saturated heterocycles. The molecule has 18 heavy (non-hydrogen) atoms. The molecule has 0 bridgehead atoms. The second kappa shape index (κ2) is 3.94. The molecule has 92 valence electrons. The van der Waals surface area contributed by atoms with E-state index in [1.54, 1.807) is 0 Å². The van der Waals surface area contributed by atoms with E-state index >= 15 is 0 Å². The Balaban J connectivity index is 1.70. The summed E-state index contributed by atoms with van der Waals surface area (Å²) >= 11 is 0. The van der Waals surface area contributed by atoms with Gasteiger partial charge in [-0.1, -0.05) is 0 Å². The van der Waals surface area contributed by atoms with E-state index in [2.05, 4.69) is 0 Å². The number of esters is 1. The van der Waals surface area contributed by atoms with Crippen molar-refractivity contribution in [1.29, 1.82) is 0 Å². The summed E-state index contributed by atoms with van der Waals surface area (Å²) in [5, 5.41) is 10.5. The average Bonchev–Trinajstić information content (AvgIpc) is 3.06. The number of hydrogen-bond donors (Lipinski definition) is 0. The van der Waals surface area contributed by atoms with E-state index in [1.807, 2.05) is 6.08 Å². The third kappa shape index (κ3) is 1.88. The van der Waals surface area contributed by atoms with Crippen molar-refractivity contribution in [3.05, 3.63) is 51.8 Å². The minimum atomic E-state index is -0.497. The number of carbonyl (C=O) groups excluding carboxylic acids is 1. The zero-order chi connectivity index (χ0) is 12.7. The molecule has 0 spiro atoms. The normalized spacial score (nSPS) is 24.1. The third-order valence-corrected chi connectivity index (χ3v) is 3.43. The number of fused-ring (bicyclic) bond motifs is 1. The fourth-order valence-corrected chi connectivity index (χ4v) is 2.28. The standard InChI is InChI=1S/C13H11NO4/c15-13(18-12-6-3-9-7-11(9)12)8-1-4-10(5-2-8)14(16)17/h1-2,4-6,9,11H,3,7H2/t9-,11+/m1/s1. The maximum Gasteiger partial charge on any atom is 0.343 e. The van der Waals surface area contributed by atoms with Gasteiger partial charge in [-0.25, -0.2) is 4.79 Å². The van der Waals surface area contributed by atoms with Crippen molar-refractivity contribution in [2.75, 3.05) is 0 Å². The fourth-order valence-electron chi connectivity index (χ4n) is 2.28. The van der Waals surface area contributed by atoms with Crippen LogP contribution in [-0.2, 0) is 4.74 Å². The number of non-ortho nitro benzene ring substituents is 1. The summed E-state index contributed by atoms with van der Waals surface area (Å²) in [6.07, 6.45) is 4.06. The average molecular weight is 245 g/mol. The van der Waals surface area contributed by atoms with E-state index in [9.17, 15) is 14.9 Å². The van der Waals surface area contributed by atoms with Crippen molar-refractivity contribution in [2.45, 2.75) is 12.8 Å². The molecule has 0 aliphatic heterocycles. The molecule has 0 radical (unpaired) electrons. The van der Waals surface area contributed by atoms with Crippen LogP contribution in [0.25, 0.3) is 0 Å². The molecule has 5 nitrogen and oxygen atoms in total. The third-order valence-electron chi connectivity index (χ3n) is 3.43. The number of benzene rings is 1. The highest BCUT2D eigenvalue weighted by atomic mass is 16.6. The van der Waals surface area contributed by atoms with Crippen molar-refractivity contribution in [1.82, 2.24) is 0 Å². The summed E-state index contributed by atoms with van der Waals surface area (Å²) in [5.41, 5.74) is 0.305. The van der Waals surface area contributed by atoms with E-state index in [0.29, 0.717) is 17.4 Å². The number of hydrogen-bond acceptors (Lipinski definition) is 4. The first-order chi connectivity index (χ1) is 8.65. The molecular weight excluding hydrogens is 234 g/mol. The van der Waals surface area contributed by atoms with Gasteiger partial charge in [0.2, 0.25) is 0 Å². The van der Waals surface area contributed by atoms with E-state index in [4.69, 9.17) is 4.74 Å². The number of carbonyl (C=O) groups is 1. The second-order valence-electron chi connectivity index (χ2n) is 4.64. The maximum atomic E-state index is 11.8. The van der Waals surface area contributed by atoms with Gasteiger partial charge in [0.15, 0.2) is 0 Å². The largest absolute Gasteiger partial charge is 0.428 e. The molecule has 2 aliphatic carbocycles. The van der Waals surface area contributed by atoms with Gasteiger partial charge >= 0.3 is 5.97 Å². The molecule has 1 fully saturated rings. The Labute approximate surface area is 103 Å². The highest BCUT2D eigenvalue weighted by Gasteiger charge is 2.45. The lowest BCUT2D eigenvalue weighted by atomic mass is 10.2. The Kier molecular flexibility index (Phi) is 2.40. The quantitative estimate of drug-likeness (QED) is 0.466. The monoisotopic (exact) mass is 245 g/mol. The highest BCUT2D eigenvalue weighted by Crippen LogP contribution is 2.52. The molecule has 0 N–H and O–H groups in total. The molecule has 0 aromatic heterocycles. The molecule has 1 aromatic carbocycles. The summed E-state index contributed by atoms with van der Waals surface area (Å²) in [6, 6.07) is 5.44. The van der Waals surface area contributed by atoms with E-state index < -0.39 is 10.9 Å². The van der Waals surface area contributed by atoms with E-state index in [-0.39, 0.29) is 5.69 Å². The number of allylic oxidation sites excluding steroid dienone is 2. The molecule has 2 atom stereocenters. The van der Waals surface area contributed by atoms with Gasteiger partial charge < -0.3 is 4.74 Å². The fraction of sp³-hybridized carbons (Fsp3) is 0.308. The number of nitrogens with zero attached hydrogens (tertiary/aromatic N) is 1. The van der Waals surface area contributed by atoms with Crippen LogP contribution in [0, 0.1) is 22.0 Å². The van der Waals surface area contributed by atoms with Gasteiger partial charge in [0.05, 0.1) is 10.5 Å². The van der Waals surface area contributed by atoms with E-state index in [1.165, 1.54) is 24.3 Å². The summed E-state index contributed by atoms with van der Waals surface area (Å²) in [4.78, 5) is 21.8. The van der Waals surface area contributed by atoms with Gasteiger partial charge in [0.25, 0.3) is 5.69 Å². The molecule has 5 heteroatoms. The molecule has 1 saturated carbocycles. The van der Waals surface area contributed by atoms with Crippen molar-refractivity contribution >= 4 is 11.7 Å². The molecule has 1 aromatic rings. The Morgan fingerprint density at radius 1 is 1.33 bits per heavy atom. The predicted molar refractivity (Wildman–Crippen MR) is 62.8 cm³/mol. The van der Waals surface area contributed by atoms with Crippen LogP contribution in [-0.4, -0.2) is 10.9 Å². The van der Waals surface area contributed by atoms with Crippen molar-refractivity contribution in [3.8, 4) is 0 Å². The van der Waals surface area contributed by atoms with Gasteiger partial charge in [-0.05, 0) is 37.0 Å². The van der Waals surface area contributed by atoms with E-state index in [0.717, 1.165) is 18.6 Å². The SMILES string of the molecule is O=C(OC1=CC[C@@H]2C[C@H]12)c1ccc([N+](=O)[O-])cc1. The van der Waals surface area contributed by atoms with Crippen LogP contribution in [0.2, 0.25) is 0 Å². The highest BCUT2D eigenvalue weighted by molar-refractivity contribution is 5.90. The van der Waals surface area contributed by atoms with Crippen molar-refractivity contribution < 1.29 is 14.5 Å². The van der Waals surface area contributed by atoms with Gasteiger partial charge in [-0.15, -0.1) is 0 Å². The Morgan fingerprint density at radius 2 is 2.06 bits per heavy atom. The Hall–Kier alpha value is -2.17. The number of nitro benzene ring substituents is 1. The minimum Gasteiger partial charge on any atom is -0.428 e. The first-order valence-corrected chi connectivity index (χ1v) is 5.82. The maximum absolute atomic E-state index is 11.8. The lowest BCUT2D eigenvalue weighted by Crippen LogP contribution is -2.05. The zero-order valence-electron chi connectivity index (χ0n) is 9.54. The molecule has 0 unspecified atom stereocenters. The van der Waals surface area contributed by atoms with Gasteiger partial charge in [0.1, 0.15) is 5.76 Å². The molecule has 0 amide bonds. The van der Waals surface area contributed by atoms with Crippen LogP contribution >= 0.6 is 0 Å².